The number of hydrogen-bond acceptors (Lipinski definition) is 4. The number of esters is 1. The number of carbonyl (C=O) groups excluding carboxylic acids is 1. The molecule has 6 heteroatoms. The number of unbranched alkanes of at least 4 members (excludes halogenated alkanes) is 1. The van der Waals surface area contributed by atoms with Gasteiger partial charge in [0.1, 0.15) is 5.00 Å². The molecule has 0 bridgehead atoms. The summed E-state index contributed by atoms with van der Waals surface area (Å²) in [6.07, 6.45) is 8.74. The van der Waals surface area contributed by atoms with Crippen LogP contribution in [0.5, 0.6) is 0 Å². The summed E-state index contributed by atoms with van der Waals surface area (Å²) in [5.41, 5.74) is 3.23. The molecule has 1 aliphatic rings. The van der Waals surface area contributed by atoms with Crippen LogP contribution in [0.15, 0.2) is 30.3 Å². The second kappa shape index (κ2) is 11.3. The van der Waals surface area contributed by atoms with Gasteiger partial charge in [-0.3, -0.25) is 0 Å². The van der Waals surface area contributed by atoms with E-state index in [-0.39, 0.29) is 5.97 Å². The summed E-state index contributed by atoms with van der Waals surface area (Å²) < 4.78 is 5.33. The van der Waals surface area contributed by atoms with Crippen LogP contribution in [0.4, 0.5) is 5.00 Å². The fourth-order valence-electron chi connectivity index (χ4n) is 3.70. The number of fused-ring (bicyclic) bond motifs is 1. The molecular formula is C23H30N2O2S2. The fourth-order valence-corrected chi connectivity index (χ4v) is 5.25. The minimum atomic E-state index is -0.236. The highest BCUT2D eigenvalue weighted by Gasteiger charge is 2.26. The van der Waals surface area contributed by atoms with Crippen LogP contribution in [0.25, 0.3) is 0 Å². The molecule has 3 rings (SSSR count). The SMILES string of the molecule is CCOC(=O)c1c(NC(=S)NCCCCc2ccccc2)sc2c1CCCCC2. The molecule has 2 N–H and O–H groups in total. The van der Waals surface area contributed by atoms with Crippen molar-refractivity contribution in [3.8, 4) is 0 Å². The first-order valence-corrected chi connectivity index (χ1v) is 11.8. The maximum Gasteiger partial charge on any atom is 0.341 e. The van der Waals surface area contributed by atoms with Crippen LogP contribution in [0.1, 0.15) is 65.4 Å². The molecule has 0 radical (unpaired) electrons. The van der Waals surface area contributed by atoms with E-state index in [9.17, 15) is 4.79 Å². The van der Waals surface area contributed by atoms with E-state index in [1.807, 2.05) is 13.0 Å². The standard InChI is InChI=1S/C23H30N2O2S2/c1-2-27-22(26)20-18-14-7-4-8-15-19(18)29-21(20)25-23(28)24-16-10-9-13-17-11-5-3-6-12-17/h3,5-6,11-12H,2,4,7-10,13-16H2,1H3,(H2,24,25,28). The highest BCUT2D eigenvalue weighted by Crippen LogP contribution is 2.38. The second-order valence-corrected chi connectivity index (χ2v) is 8.83. The first kappa shape index (κ1) is 21.8. The zero-order valence-corrected chi connectivity index (χ0v) is 18.7. The van der Waals surface area contributed by atoms with Gasteiger partial charge in [-0.1, -0.05) is 36.8 Å². The zero-order chi connectivity index (χ0) is 20.5. The number of nitrogens with one attached hydrogen (secondary N) is 2. The maximum absolute atomic E-state index is 12.6. The summed E-state index contributed by atoms with van der Waals surface area (Å²) in [4.78, 5) is 13.9. The summed E-state index contributed by atoms with van der Waals surface area (Å²) in [5.74, 6) is -0.236. The van der Waals surface area contributed by atoms with Crippen LogP contribution >= 0.6 is 23.6 Å². The number of benzene rings is 1. The molecule has 0 saturated carbocycles. The Morgan fingerprint density at radius 1 is 1.14 bits per heavy atom. The lowest BCUT2D eigenvalue weighted by Gasteiger charge is -2.11. The lowest BCUT2D eigenvalue weighted by atomic mass is 10.1. The Bertz CT molecular complexity index is 818. The quantitative estimate of drug-likeness (QED) is 0.251. The molecule has 0 aliphatic heterocycles. The summed E-state index contributed by atoms with van der Waals surface area (Å²) in [5, 5.41) is 7.96. The molecule has 4 nitrogen and oxygen atoms in total. The third-order valence-corrected chi connectivity index (χ3v) is 6.60. The number of hydrogen-bond donors (Lipinski definition) is 2. The van der Waals surface area contributed by atoms with Crippen molar-refractivity contribution in [2.75, 3.05) is 18.5 Å². The van der Waals surface area contributed by atoms with Crippen molar-refractivity contribution in [1.82, 2.24) is 5.32 Å². The van der Waals surface area contributed by atoms with Gasteiger partial charge in [0.25, 0.3) is 0 Å². The van der Waals surface area contributed by atoms with Gasteiger partial charge < -0.3 is 15.4 Å². The molecule has 0 saturated heterocycles. The van der Waals surface area contributed by atoms with Gasteiger partial charge in [0, 0.05) is 11.4 Å². The van der Waals surface area contributed by atoms with E-state index >= 15 is 0 Å². The van der Waals surface area contributed by atoms with Gasteiger partial charge in [0.15, 0.2) is 5.11 Å². The summed E-state index contributed by atoms with van der Waals surface area (Å²) >= 11 is 7.15. The predicted octanol–water partition coefficient (Wildman–Crippen LogP) is 5.50. The largest absolute Gasteiger partial charge is 0.462 e. The first-order valence-electron chi connectivity index (χ1n) is 10.6. The molecule has 1 aliphatic carbocycles. The van der Waals surface area contributed by atoms with E-state index < -0.39 is 0 Å². The molecule has 0 amide bonds. The van der Waals surface area contributed by atoms with Crippen LogP contribution < -0.4 is 10.6 Å². The lowest BCUT2D eigenvalue weighted by Crippen LogP contribution is -2.29. The monoisotopic (exact) mass is 430 g/mol. The molecule has 1 aromatic carbocycles. The van der Waals surface area contributed by atoms with E-state index in [1.54, 1.807) is 11.3 Å². The predicted molar refractivity (Wildman–Crippen MR) is 125 cm³/mol. The van der Waals surface area contributed by atoms with Crippen molar-refractivity contribution in [1.29, 1.82) is 0 Å². The van der Waals surface area contributed by atoms with E-state index in [2.05, 4.69) is 34.9 Å². The Labute approximate surface area is 183 Å². The minimum absolute atomic E-state index is 0.236. The fraction of sp³-hybridized carbons (Fsp3) is 0.478. The van der Waals surface area contributed by atoms with E-state index in [4.69, 9.17) is 17.0 Å². The van der Waals surface area contributed by atoms with Gasteiger partial charge in [-0.2, -0.15) is 0 Å². The van der Waals surface area contributed by atoms with Crippen molar-refractivity contribution < 1.29 is 9.53 Å². The Morgan fingerprint density at radius 3 is 2.72 bits per heavy atom. The smallest absolute Gasteiger partial charge is 0.341 e. The number of anilines is 1. The van der Waals surface area contributed by atoms with Crippen LogP contribution in [0, 0.1) is 0 Å². The average molecular weight is 431 g/mol. The Balaban J connectivity index is 1.54. The highest BCUT2D eigenvalue weighted by molar-refractivity contribution is 7.80. The molecule has 29 heavy (non-hydrogen) atoms. The summed E-state index contributed by atoms with van der Waals surface area (Å²) in [6.45, 7) is 3.04. The molecule has 2 aromatic rings. The number of ether oxygens (including phenoxy) is 1. The van der Waals surface area contributed by atoms with Crippen molar-refractivity contribution in [2.24, 2.45) is 0 Å². The minimum Gasteiger partial charge on any atom is -0.462 e. The van der Waals surface area contributed by atoms with Crippen LogP contribution in [-0.2, 0) is 24.0 Å². The number of thiocarbonyl (C=S) groups is 1. The van der Waals surface area contributed by atoms with Gasteiger partial charge in [-0.25, -0.2) is 4.79 Å². The van der Waals surface area contributed by atoms with E-state index in [0.717, 1.165) is 50.1 Å². The number of thiophene rings is 1. The molecule has 0 unspecified atom stereocenters. The summed E-state index contributed by atoms with van der Waals surface area (Å²) in [7, 11) is 0. The van der Waals surface area contributed by atoms with Gasteiger partial charge in [-0.15, -0.1) is 11.3 Å². The third-order valence-electron chi connectivity index (χ3n) is 5.15. The number of rotatable bonds is 8. The normalized spacial score (nSPS) is 13.3. The Kier molecular flexibility index (Phi) is 8.50. The van der Waals surface area contributed by atoms with Gasteiger partial charge >= 0.3 is 5.97 Å². The summed E-state index contributed by atoms with van der Waals surface area (Å²) in [6, 6.07) is 10.5. The average Bonchev–Trinajstić information content (AvgIpc) is 2.89. The van der Waals surface area contributed by atoms with Crippen molar-refractivity contribution in [2.45, 2.75) is 58.3 Å². The van der Waals surface area contributed by atoms with Crippen molar-refractivity contribution in [3.05, 3.63) is 51.9 Å². The first-order chi connectivity index (χ1) is 14.2. The Morgan fingerprint density at radius 2 is 1.93 bits per heavy atom. The lowest BCUT2D eigenvalue weighted by molar-refractivity contribution is 0.0527. The van der Waals surface area contributed by atoms with Crippen LogP contribution in [0.3, 0.4) is 0 Å². The number of aryl methyl sites for hydroxylation is 2. The Hall–Kier alpha value is -1.92. The van der Waals surface area contributed by atoms with Crippen molar-refractivity contribution in [3.63, 3.8) is 0 Å². The third kappa shape index (κ3) is 6.28. The van der Waals surface area contributed by atoms with Crippen LogP contribution in [-0.4, -0.2) is 24.2 Å². The molecule has 1 aromatic heterocycles. The molecule has 0 fully saturated rings. The van der Waals surface area contributed by atoms with Crippen LogP contribution in [0.2, 0.25) is 0 Å². The molecule has 0 spiro atoms. The van der Waals surface area contributed by atoms with E-state index in [0.29, 0.717) is 17.3 Å². The maximum atomic E-state index is 12.6. The highest BCUT2D eigenvalue weighted by atomic mass is 32.1. The zero-order valence-electron chi connectivity index (χ0n) is 17.1. The van der Waals surface area contributed by atoms with Gasteiger partial charge in [-0.05, 0) is 75.2 Å². The molecule has 156 valence electrons. The van der Waals surface area contributed by atoms with Gasteiger partial charge in [0.2, 0.25) is 0 Å². The molecule has 0 atom stereocenters. The molecule has 1 heterocycles. The van der Waals surface area contributed by atoms with Crippen molar-refractivity contribution >= 4 is 39.6 Å². The topological polar surface area (TPSA) is 50.4 Å². The second-order valence-electron chi connectivity index (χ2n) is 7.31. The van der Waals surface area contributed by atoms with E-state index in [1.165, 1.54) is 28.8 Å². The van der Waals surface area contributed by atoms with Gasteiger partial charge in [0.05, 0.1) is 12.2 Å². The number of carbonyl (C=O) groups is 1. The molecular weight excluding hydrogens is 400 g/mol.